The lowest BCUT2D eigenvalue weighted by atomic mass is 10.1. The van der Waals surface area contributed by atoms with Gasteiger partial charge in [-0.05, 0) is 12.1 Å². The quantitative estimate of drug-likeness (QED) is 0.449. The first kappa shape index (κ1) is 12.8. The number of aliphatic hydroxyl groups excluding tert-OH is 2. The van der Waals surface area contributed by atoms with E-state index < -0.39 is 0 Å². The van der Waals surface area contributed by atoms with Crippen LogP contribution in [-0.2, 0) is 6.54 Å². The second kappa shape index (κ2) is 7.05. The first-order valence-corrected chi connectivity index (χ1v) is 5.35. The number of nitrogens with two attached hydrogens (primary N) is 1. The van der Waals surface area contributed by atoms with Crippen molar-refractivity contribution in [2.75, 3.05) is 36.9 Å². The van der Waals surface area contributed by atoms with E-state index in [-0.39, 0.29) is 13.2 Å². The molecule has 0 saturated heterocycles. The number of aliphatic hydroxyl groups is 2. The van der Waals surface area contributed by atoms with Crippen molar-refractivity contribution in [3.8, 4) is 0 Å². The largest absolute Gasteiger partial charge is 0.395 e. The van der Waals surface area contributed by atoms with Gasteiger partial charge in [0, 0.05) is 36.6 Å². The molecule has 0 aliphatic heterocycles. The summed E-state index contributed by atoms with van der Waals surface area (Å²) in [6.07, 6.45) is 0. The van der Waals surface area contributed by atoms with E-state index in [1.807, 2.05) is 18.2 Å². The van der Waals surface area contributed by atoms with Crippen LogP contribution in [0.5, 0.6) is 0 Å². The summed E-state index contributed by atoms with van der Waals surface area (Å²) in [7, 11) is 0. The van der Waals surface area contributed by atoms with Crippen molar-refractivity contribution in [1.82, 2.24) is 0 Å². The smallest absolute Gasteiger partial charge is 0.0604 e. The lowest BCUT2D eigenvalue weighted by molar-refractivity contribution is 0.311. The molecule has 0 heterocycles. The average Bonchev–Trinajstić information content (AvgIpc) is 2.33. The Morgan fingerprint density at radius 2 is 1.50 bits per heavy atom. The van der Waals surface area contributed by atoms with Gasteiger partial charge in [-0.25, -0.2) is 0 Å². The number of hydrogen-bond donors (Lipinski definition) is 5. The molecule has 1 aromatic carbocycles. The van der Waals surface area contributed by atoms with Gasteiger partial charge >= 0.3 is 0 Å². The van der Waals surface area contributed by atoms with Crippen LogP contribution in [0.1, 0.15) is 5.56 Å². The zero-order valence-corrected chi connectivity index (χ0v) is 9.24. The Morgan fingerprint density at radius 3 is 1.88 bits per heavy atom. The molecule has 0 atom stereocenters. The molecular weight excluding hydrogens is 206 g/mol. The normalized spacial score (nSPS) is 10.2. The second-order valence-corrected chi connectivity index (χ2v) is 3.34. The molecule has 0 bridgehead atoms. The minimum absolute atomic E-state index is 0.0817. The molecule has 0 unspecified atom stereocenters. The third kappa shape index (κ3) is 3.37. The van der Waals surface area contributed by atoms with Crippen molar-refractivity contribution in [3.05, 3.63) is 23.8 Å². The summed E-state index contributed by atoms with van der Waals surface area (Å²) in [5, 5.41) is 23.7. The van der Waals surface area contributed by atoms with Gasteiger partial charge in [-0.2, -0.15) is 0 Å². The number of anilines is 2. The highest BCUT2D eigenvalue weighted by Crippen LogP contribution is 2.23. The molecule has 0 aromatic heterocycles. The van der Waals surface area contributed by atoms with Crippen molar-refractivity contribution >= 4 is 11.4 Å². The highest BCUT2D eigenvalue weighted by atomic mass is 16.3. The van der Waals surface area contributed by atoms with E-state index in [0.29, 0.717) is 19.6 Å². The maximum Gasteiger partial charge on any atom is 0.0604 e. The summed E-state index contributed by atoms with van der Waals surface area (Å²) in [6.45, 7) is 1.56. The van der Waals surface area contributed by atoms with Crippen molar-refractivity contribution in [2.24, 2.45) is 5.73 Å². The number of benzene rings is 1. The molecule has 0 spiro atoms. The lowest BCUT2D eigenvalue weighted by Gasteiger charge is -2.15. The van der Waals surface area contributed by atoms with Gasteiger partial charge in [-0.15, -0.1) is 0 Å². The Labute approximate surface area is 95.3 Å². The lowest BCUT2D eigenvalue weighted by Crippen LogP contribution is -2.13. The van der Waals surface area contributed by atoms with Gasteiger partial charge in [-0.3, -0.25) is 0 Å². The standard InChI is InChI=1S/C11H19N3O2/c12-8-9-10(13-4-6-15)2-1-3-11(9)14-5-7-16/h1-3,13-16H,4-8,12H2. The summed E-state index contributed by atoms with van der Waals surface area (Å²) < 4.78 is 0. The van der Waals surface area contributed by atoms with Gasteiger partial charge in [0.1, 0.15) is 0 Å². The second-order valence-electron chi connectivity index (χ2n) is 3.34. The van der Waals surface area contributed by atoms with E-state index in [4.69, 9.17) is 15.9 Å². The van der Waals surface area contributed by atoms with Crippen molar-refractivity contribution in [1.29, 1.82) is 0 Å². The van der Waals surface area contributed by atoms with E-state index in [9.17, 15) is 0 Å². The molecule has 5 nitrogen and oxygen atoms in total. The fourth-order valence-corrected chi connectivity index (χ4v) is 1.52. The molecule has 90 valence electrons. The van der Waals surface area contributed by atoms with Crippen LogP contribution < -0.4 is 16.4 Å². The first-order valence-electron chi connectivity index (χ1n) is 5.35. The summed E-state index contributed by atoms with van der Waals surface area (Å²) in [5.41, 5.74) is 8.48. The van der Waals surface area contributed by atoms with Gasteiger partial charge in [0.05, 0.1) is 13.2 Å². The average molecular weight is 225 g/mol. The molecule has 0 radical (unpaired) electrons. The summed E-state index contributed by atoms with van der Waals surface area (Å²) in [4.78, 5) is 0. The number of hydrogen-bond acceptors (Lipinski definition) is 5. The number of rotatable bonds is 7. The zero-order chi connectivity index (χ0) is 11.8. The summed E-state index contributed by atoms with van der Waals surface area (Å²) in [6, 6.07) is 5.74. The molecule has 0 saturated carbocycles. The molecule has 0 aliphatic carbocycles. The van der Waals surface area contributed by atoms with Gasteiger partial charge in [-0.1, -0.05) is 6.07 Å². The Bertz CT molecular complexity index is 292. The van der Waals surface area contributed by atoms with Gasteiger partial charge in [0.25, 0.3) is 0 Å². The summed E-state index contributed by atoms with van der Waals surface area (Å²) in [5.74, 6) is 0. The van der Waals surface area contributed by atoms with E-state index >= 15 is 0 Å². The first-order chi connectivity index (χ1) is 7.83. The van der Waals surface area contributed by atoms with Gasteiger partial charge in [0.15, 0.2) is 0 Å². The molecule has 0 amide bonds. The Hall–Kier alpha value is -1.30. The van der Waals surface area contributed by atoms with Crippen LogP contribution in [0.2, 0.25) is 0 Å². The van der Waals surface area contributed by atoms with Crippen molar-refractivity contribution < 1.29 is 10.2 Å². The fraction of sp³-hybridized carbons (Fsp3) is 0.455. The van der Waals surface area contributed by atoms with Crippen LogP contribution in [0.15, 0.2) is 18.2 Å². The van der Waals surface area contributed by atoms with E-state index in [1.54, 1.807) is 0 Å². The summed E-state index contributed by atoms with van der Waals surface area (Å²) >= 11 is 0. The fourth-order valence-electron chi connectivity index (χ4n) is 1.52. The third-order valence-electron chi connectivity index (χ3n) is 2.23. The molecule has 1 rings (SSSR count). The van der Waals surface area contributed by atoms with E-state index in [0.717, 1.165) is 16.9 Å². The third-order valence-corrected chi connectivity index (χ3v) is 2.23. The minimum atomic E-state index is 0.0817. The predicted octanol–water partition coefficient (Wildman–Crippen LogP) is -0.0463. The van der Waals surface area contributed by atoms with Crippen LogP contribution in [0, 0.1) is 0 Å². The van der Waals surface area contributed by atoms with Crippen LogP contribution in [-0.4, -0.2) is 36.5 Å². The Balaban J connectivity index is 2.82. The zero-order valence-electron chi connectivity index (χ0n) is 9.24. The molecule has 1 aromatic rings. The highest BCUT2D eigenvalue weighted by Gasteiger charge is 2.05. The highest BCUT2D eigenvalue weighted by molar-refractivity contribution is 5.65. The maximum atomic E-state index is 8.76. The molecular formula is C11H19N3O2. The molecule has 0 fully saturated rings. The number of nitrogens with one attached hydrogen (secondary N) is 2. The van der Waals surface area contributed by atoms with Crippen LogP contribution >= 0.6 is 0 Å². The monoisotopic (exact) mass is 225 g/mol. The van der Waals surface area contributed by atoms with Crippen molar-refractivity contribution in [2.45, 2.75) is 6.54 Å². The van der Waals surface area contributed by atoms with Crippen LogP contribution in [0.4, 0.5) is 11.4 Å². The Kier molecular flexibility index (Phi) is 5.63. The topological polar surface area (TPSA) is 90.5 Å². The van der Waals surface area contributed by atoms with E-state index in [1.165, 1.54) is 0 Å². The van der Waals surface area contributed by atoms with E-state index in [2.05, 4.69) is 10.6 Å². The molecule has 5 heteroatoms. The SMILES string of the molecule is NCc1c(NCCO)cccc1NCCO. The van der Waals surface area contributed by atoms with Gasteiger partial charge < -0.3 is 26.6 Å². The minimum Gasteiger partial charge on any atom is -0.395 e. The van der Waals surface area contributed by atoms with Crippen LogP contribution in [0.3, 0.4) is 0 Å². The maximum absolute atomic E-state index is 8.76. The van der Waals surface area contributed by atoms with Crippen molar-refractivity contribution in [3.63, 3.8) is 0 Å². The van der Waals surface area contributed by atoms with Crippen LogP contribution in [0.25, 0.3) is 0 Å². The Morgan fingerprint density at radius 1 is 1.00 bits per heavy atom. The van der Waals surface area contributed by atoms with Gasteiger partial charge in [0.2, 0.25) is 0 Å². The molecule has 0 aliphatic rings. The molecule has 16 heavy (non-hydrogen) atoms. The molecule has 6 N–H and O–H groups in total. The predicted molar refractivity (Wildman–Crippen MR) is 65.5 cm³/mol.